The molecule has 0 spiro atoms. The van der Waals surface area contributed by atoms with Gasteiger partial charge in [-0.1, -0.05) is 60.7 Å². The van der Waals surface area contributed by atoms with Crippen LogP contribution in [-0.4, -0.2) is 16.7 Å². The van der Waals surface area contributed by atoms with Crippen molar-refractivity contribution in [2.75, 3.05) is 0 Å². The molecule has 0 heterocycles. The van der Waals surface area contributed by atoms with Crippen LogP contribution in [0.15, 0.2) is 60.7 Å². The lowest BCUT2D eigenvalue weighted by Crippen LogP contribution is -2.36. The Balaban J connectivity index is 2.14. The highest BCUT2D eigenvalue weighted by Crippen LogP contribution is 2.13. The summed E-state index contributed by atoms with van der Waals surface area (Å²) in [4.78, 5) is 13.9. The van der Waals surface area contributed by atoms with Gasteiger partial charge in [-0.2, -0.15) is 0 Å². The van der Waals surface area contributed by atoms with E-state index in [4.69, 9.17) is 0 Å². The maximum atomic E-state index is 11.7. The molecule has 0 aliphatic heterocycles. The molecule has 2 aromatic rings. The topological polar surface area (TPSA) is 20.3 Å². The Bertz CT molecular complexity index is 494. The molecule has 0 aromatic heterocycles. The summed E-state index contributed by atoms with van der Waals surface area (Å²) in [5.74, 6) is 0.205. The summed E-state index contributed by atoms with van der Waals surface area (Å²) in [6.07, 6.45) is 0. The van der Waals surface area contributed by atoms with Crippen LogP contribution in [0.3, 0.4) is 0 Å². The fourth-order valence-electron chi connectivity index (χ4n) is 2.22. The Labute approximate surface area is 121 Å². The summed E-state index contributed by atoms with van der Waals surface area (Å²) in [6, 6.07) is 20.5. The third-order valence-corrected chi connectivity index (χ3v) is 3.59. The van der Waals surface area contributed by atoms with Crippen LogP contribution in [0.1, 0.15) is 25.0 Å². The second-order valence-corrected chi connectivity index (χ2v) is 5.16. The quantitative estimate of drug-likeness (QED) is 0.796. The lowest BCUT2D eigenvalue weighted by Gasteiger charge is -2.27. The maximum Gasteiger partial charge on any atom is 0.146 e. The van der Waals surface area contributed by atoms with Crippen molar-refractivity contribution in [3.8, 4) is 0 Å². The lowest BCUT2D eigenvalue weighted by atomic mass is 10.1. The molecule has 0 radical (unpaired) electrons. The van der Waals surface area contributed by atoms with Crippen LogP contribution in [-0.2, 0) is 17.9 Å². The summed E-state index contributed by atoms with van der Waals surface area (Å²) in [6.45, 7) is 5.22. The first-order chi connectivity index (χ1) is 9.66. The fraction of sp³-hybridized carbons (Fsp3) is 0.278. The van der Waals surface area contributed by atoms with Crippen molar-refractivity contribution in [3.63, 3.8) is 0 Å². The van der Waals surface area contributed by atoms with Crippen molar-refractivity contribution < 1.29 is 4.79 Å². The summed E-state index contributed by atoms with van der Waals surface area (Å²) in [5, 5.41) is 0. The predicted molar refractivity (Wildman–Crippen MR) is 82.3 cm³/mol. The van der Waals surface area contributed by atoms with Gasteiger partial charge < -0.3 is 0 Å². The van der Waals surface area contributed by atoms with Gasteiger partial charge in [-0.3, -0.25) is 9.69 Å². The van der Waals surface area contributed by atoms with Crippen molar-refractivity contribution in [3.05, 3.63) is 71.8 Å². The standard InChI is InChI=1S/C18H21NO/c1-15(16(2)20)19(13-17-9-5-3-6-10-17)14-18-11-7-4-8-12-18/h3-12,15H,13-14H2,1-2H3/t15-/m0/s1. The van der Waals surface area contributed by atoms with E-state index >= 15 is 0 Å². The third-order valence-electron chi connectivity index (χ3n) is 3.59. The molecule has 0 amide bonds. The zero-order valence-electron chi connectivity index (χ0n) is 12.1. The van der Waals surface area contributed by atoms with Gasteiger partial charge >= 0.3 is 0 Å². The predicted octanol–water partition coefficient (Wildman–Crippen LogP) is 3.67. The van der Waals surface area contributed by atoms with Gasteiger partial charge in [0, 0.05) is 13.1 Å². The average Bonchev–Trinajstić information content (AvgIpc) is 2.48. The highest BCUT2D eigenvalue weighted by Gasteiger charge is 2.18. The zero-order valence-corrected chi connectivity index (χ0v) is 12.1. The van der Waals surface area contributed by atoms with E-state index in [0.29, 0.717) is 0 Å². The van der Waals surface area contributed by atoms with Crippen molar-refractivity contribution in [1.82, 2.24) is 4.90 Å². The number of hydrogen-bond donors (Lipinski definition) is 0. The van der Waals surface area contributed by atoms with Gasteiger partial charge in [-0.25, -0.2) is 0 Å². The number of nitrogens with zero attached hydrogens (tertiary/aromatic N) is 1. The van der Waals surface area contributed by atoms with Crippen LogP contribution in [0.2, 0.25) is 0 Å². The van der Waals surface area contributed by atoms with Crippen LogP contribution < -0.4 is 0 Å². The first-order valence-corrected chi connectivity index (χ1v) is 6.99. The SMILES string of the molecule is CC(=O)[C@H](C)N(Cc1ccccc1)Cc1ccccc1. The molecule has 0 bridgehead atoms. The fourth-order valence-corrected chi connectivity index (χ4v) is 2.22. The minimum atomic E-state index is -0.0737. The largest absolute Gasteiger partial charge is 0.298 e. The molecule has 0 saturated heterocycles. The van der Waals surface area contributed by atoms with Crippen molar-refractivity contribution in [2.45, 2.75) is 33.0 Å². The second kappa shape index (κ2) is 7.01. The molecular formula is C18H21NO. The summed E-state index contributed by atoms with van der Waals surface area (Å²) >= 11 is 0. The van der Waals surface area contributed by atoms with Gasteiger partial charge in [-0.05, 0) is 25.0 Å². The van der Waals surface area contributed by atoms with Gasteiger partial charge in [0.15, 0.2) is 0 Å². The van der Waals surface area contributed by atoms with Gasteiger partial charge in [0.05, 0.1) is 6.04 Å². The summed E-state index contributed by atoms with van der Waals surface area (Å²) in [7, 11) is 0. The van der Waals surface area contributed by atoms with E-state index in [9.17, 15) is 4.79 Å². The Morgan fingerprint density at radius 3 is 1.65 bits per heavy atom. The van der Waals surface area contributed by atoms with Crippen molar-refractivity contribution in [2.24, 2.45) is 0 Å². The van der Waals surface area contributed by atoms with E-state index in [2.05, 4.69) is 29.2 Å². The number of carbonyl (C=O) groups is 1. The number of carbonyl (C=O) groups excluding carboxylic acids is 1. The molecule has 0 aliphatic rings. The number of rotatable bonds is 6. The Hall–Kier alpha value is -1.93. The van der Waals surface area contributed by atoms with Crippen molar-refractivity contribution in [1.29, 1.82) is 0 Å². The molecule has 2 heteroatoms. The van der Waals surface area contributed by atoms with E-state index < -0.39 is 0 Å². The lowest BCUT2D eigenvalue weighted by molar-refractivity contribution is -0.122. The molecule has 0 unspecified atom stereocenters. The Morgan fingerprint density at radius 1 is 0.900 bits per heavy atom. The highest BCUT2D eigenvalue weighted by atomic mass is 16.1. The average molecular weight is 267 g/mol. The molecule has 2 nitrogen and oxygen atoms in total. The molecule has 0 fully saturated rings. The number of Topliss-reactive ketones (excluding diaryl/α,β-unsaturated/α-hetero) is 1. The summed E-state index contributed by atoms with van der Waals surface area (Å²) in [5.41, 5.74) is 2.47. The van der Waals surface area contributed by atoms with E-state index in [1.54, 1.807) is 6.92 Å². The first-order valence-electron chi connectivity index (χ1n) is 6.99. The number of hydrogen-bond acceptors (Lipinski definition) is 2. The molecule has 104 valence electrons. The Morgan fingerprint density at radius 2 is 1.30 bits per heavy atom. The molecule has 0 N–H and O–H groups in total. The molecule has 2 rings (SSSR count). The Kier molecular flexibility index (Phi) is 5.08. The van der Waals surface area contributed by atoms with Crippen LogP contribution in [0.5, 0.6) is 0 Å². The smallest absolute Gasteiger partial charge is 0.146 e. The minimum absolute atomic E-state index is 0.0737. The minimum Gasteiger partial charge on any atom is -0.298 e. The molecule has 0 saturated carbocycles. The van der Waals surface area contributed by atoms with Crippen LogP contribution in [0.25, 0.3) is 0 Å². The van der Waals surface area contributed by atoms with Crippen LogP contribution in [0, 0.1) is 0 Å². The maximum absolute atomic E-state index is 11.7. The van der Waals surface area contributed by atoms with Crippen molar-refractivity contribution >= 4 is 5.78 Å². The number of benzene rings is 2. The molecule has 20 heavy (non-hydrogen) atoms. The first kappa shape index (κ1) is 14.5. The normalized spacial score (nSPS) is 12.3. The van der Waals surface area contributed by atoms with E-state index in [-0.39, 0.29) is 11.8 Å². The molecule has 0 aliphatic carbocycles. The van der Waals surface area contributed by atoms with Gasteiger partial charge in [0.1, 0.15) is 5.78 Å². The van der Waals surface area contributed by atoms with Gasteiger partial charge in [0.25, 0.3) is 0 Å². The molecule has 1 atom stereocenters. The zero-order chi connectivity index (χ0) is 14.4. The second-order valence-electron chi connectivity index (χ2n) is 5.16. The van der Waals surface area contributed by atoms with Gasteiger partial charge in [0.2, 0.25) is 0 Å². The van der Waals surface area contributed by atoms with Crippen LogP contribution in [0.4, 0.5) is 0 Å². The van der Waals surface area contributed by atoms with Gasteiger partial charge in [-0.15, -0.1) is 0 Å². The van der Waals surface area contributed by atoms with E-state index in [1.807, 2.05) is 43.3 Å². The molecule has 2 aromatic carbocycles. The van der Waals surface area contributed by atoms with Crippen LogP contribution >= 0.6 is 0 Å². The molecular weight excluding hydrogens is 246 g/mol. The van der Waals surface area contributed by atoms with E-state index in [1.165, 1.54) is 11.1 Å². The van der Waals surface area contributed by atoms with E-state index in [0.717, 1.165) is 13.1 Å². The summed E-state index contributed by atoms with van der Waals surface area (Å²) < 4.78 is 0. The third kappa shape index (κ3) is 4.04. The monoisotopic (exact) mass is 267 g/mol. The highest BCUT2D eigenvalue weighted by molar-refractivity contribution is 5.80. The number of ketones is 1.